The molecule has 2 nitrogen and oxygen atoms in total. The second-order valence-corrected chi connectivity index (χ2v) is 5.33. The quantitative estimate of drug-likeness (QED) is 0.836. The first-order valence-corrected chi connectivity index (χ1v) is 5.71. The van der Waals surface area contributed by atoms with Gasteiger partial charge in [0.05, 0.1) is 11.6 Å². The summed E-state index contributed by atoms with van der Waals surface area (Å²) >= 11 is 6.09. The Morgan fingerprint density at radius 1 is 1.06 bits per heavy atom. The Morgan fingerprint density at radius 3 is 2.00 bits per heavy atom. The van der Waals surface area contributed by atoms with Gasteiger partial charge in [-0.05, 0) is 43.0 Å². The zero-order chi connectivity index (χ0) is 12.7. The van der Waals surface area contributed by atoms with Crippen molar-refractivity contribution in [2.75, 3.05) is 6.61 Å². The van der Waals surface area contributed by atoms with Crippen LogP contribution in [0.4, 0.5) is 0 Å². The highest BCUT2D eigenvalue weighted by Gasteiger charge is 2.27. The molecule has 0 spiro atoms. The predicted molar refractivity (Wildman–Crippen MR) is 67.4 cm³/mol. The lowest BCUT2D eigenvalue weighted by Gasteiger charge is -2.28. The lowest BCUT2D eigenvalue weighted by atomic mass is 9.78. The zero-order valence-electron chi connectivity index (χ0n) is 10.5. The van der Waals surface area contributed by atoms with E-state index in [1.165, 1.54) is 0 Å². The van der Waals surface area contributed by atoms with Crippen molar-refractivity contribution < 1.29 is 10.2 Å². The molecule has 0 unspecified atom stereocenters. The maximum atomic E-state index is 9.84. The van der Waals surface area contributed by atoms with E-state index in [9.17, 15) is 10.2 Å². The summed E-state index contributed by atoms with van der Waals surface area (Å²) in [7, 11) is 0. The van der Waals surface area contributed by atoms with Gasteiger partial charge in [-0.2, -0.15) is 0 Å². The van der Waals surface area contributed by atoms with E-state index < -0.39 is 0 Å². The Bertz CT molecular complexity index is 393. The first-order valence-electron chi connectivity index (χ1n) is 5.33. The molecule has 1 rings (SSSR count). The van der Waals surface area contributed by atoms with E-state index in [4.69, 9.17) is 11.6 Å². The Morgan fingerprint density at radius 2 is 1.56 bits per heavy atom. The van der Waals surface area contributed by atoms with E-state index in [0.717, 1.165) is 22.3 Å². The summed E-state index contributed by atoms with van der Waals surface area (Å²) < 4.78 is 0. The van der Waals surface area contributed by atoms with Crippen LogP contribution in [-0.2, 0) is 5.41 Å². The van der Waals surface area contributed by atoms with Gasteiger partial charge < -0.3 is 10.2 Å². The molecule has 0 fully saturated rings. The molecule has 0 aromatic heterocycles. The molecule has 0 bridgehead atoms. The van der Waals surface area contributed by atoms with Gasteiger partial charge in [0, 0.05) is 5.41 Å². The Kier molecular flexibility index (Phi) is 3.56. The molecule has 0 atom stereocenters. The standard InChI is InChI=1S/C13H19ClO2/c1-7-8(2)12(16)11(14)9(3)10(7)13(4,5)6-15/h15-16H,6H2,1-5H3. The number of benzene rings is 1. The molecule has 0 radical (unpaired) electrons. The molecule has 0 aliphatic rings. The van der Waals surface area contributed by atoms with Crippen molar-refractivity contribution in [2.45, 2.75) is 40.0 Å². The lowest BCUT2D eigenvalue weighted by Crippen LogP contribution is -2.25. The highest BCUT2D eigenvalue weighted by molar-refractivity contribution is 6.33. The van der Waals surface area contributed by atoms with Crippen LogP contribution < -0.4 is 0 Å². The minimum absolute atomic E-state index is 0.0508. The van der Waals surface area contributed by atoms with Gasteiger partial charge in [0.1, 0.15) is 5.75 Å². The summed E-state index contributed by atoms with van der Waals surface area (Å²) in [5.74, 6) is 0.147. The number of aliphatic hydroxyl groups excluding tert-OH is 1. The lowest BCUT2D eigenvalue weighted by molar-refractivity contribution is 0.217. The van der Waals surface area contributed by atoms with Crippen molar-refractivity contribution in [2.24, 2.45) is 0 Å². The highest BCUT2D eigenvalue weighted by Crippen LogP contribution is 2.40. The van der Waals surface area contributed by atoms with Gasteiger partial charge in [-0.25, -0.2) is 0 Å². The molecule has 0 amide bonds. The second-order valence-electron chi connectivity index (χ2n) is 4.95. The third-order valence-corrected chi connectivity index (χ3v) is 3.74. The van der Waals surface area contributed by atoms with Crippen molar-refractivity contribution in [3.8, 4) is 5.75 Å². The fourth-order valence-electron chi connectivity index (χ4n) is 2.19. The summed E-state index contributed by atoms with van der Waals surface area (Å²) in [6, 6.07) is 0. The molecule has 3 heteroatoms. The predicted octanol–water partition coefficient (Wildman–Crippen LogP) is 3.24. The van der Waals surface area contributed by atoms with Gasteiger partial charge in [-0.1, -0.05) is 25.4 Å². The Hall–Kier alpha value is -0.730. The average Bonchev–Trinajstić information content (AvgIpc) is 2.23. The molecule has 16 heavy (non-hydrogen) atoms. The number of phenolic OH excluding ortho intramolecular Hbond substituents is 1. The van der Waals surface area contributed by atoms with E-state index in [1.807, 2.05) is 34.6 Å². The number of phenols is 1. The molecule has 1 aromatic carbocycles. The molecule has 0 saturated heterocycles. The van der Waals surface area contributed by atoms with Gasteiger partial charge >= 0.3 is 0 Å². The van der Waals surface area contributed by atoms with Crippen molar-refractivity contribution in [1.82, 2.24) is 0 Å². The molecule has 1 aromatic rings. The van der Waals surface area contributed by atoms with Crippen LogP contribution in [-0.4, -0.2) is 16.8 Å². The van der Waals surface area contributed by atoms with Crippen molar-refractivity contribution in [1.29, 1.82) is 0 Å². The van der Waals surface area contributed by atoms with Gasteiger partial charge in [0.25, 0.3) is 0 Å². The van der Waals surface area contributed by atoms with Gasteiger partial charge in [0.2, 0.25) is 0 Å². The molecule has 0 aliphatic heterocycles. The zero-order valence-corrected chi connectivity index (χ0v) is 11.2. The second kappa shape index (κ2) is 4.27. The summed E-state index contributed by atoms with van der Waals surface area (Å²) in [6.07, 6.45) is 0. The van der Waals surface area contributed by atoms with Crippen molar-refractivity contribution in [3.05, 3.63) is 27.3 Å². The van der Waals surface area contributed by atoms with Gasteiger partial charge in [-0.15, -0.1) is 0 Å². The number of halogens is 1. The maximum Gasteiger partial charge on any atom is 0.137 e. The van der Waals surface area contributed by atoms with Crippen LogP contribution >= 0.6 is 11.6 Å². The topological polar surface area (TPSA) is 40.5 Å². The molecular weight excluding hydrogens is 224 g/mol. The van der Waals surface area contributed by atoms with E-state index in [1.54, 1.807) is 0 Å². The number of aromatic hydroxyl groups is 1. The van der Waals surface area contributed by atoms with E-state index >= 15 is 0 Å². The van der Waals surface area contributed by atoms with Gasteiger partial charge in [-0.3, -0.25) is 0 Å². The normalized spacial score (nSPS) is 11.9. The van der Waals surface area contributed by atoms with Gasteiger partial charge in [0.15, 0.2) is 0 Å². The van der Waals surface area contributed by atoms with Crippen LogP contribution in [0.1, 0.15) is 36.1 Å². The fourth-order valence-corrected chi connectivity index (χ4v) is 2.43. The van der Waals surface area contributed by atoms with Crippen LogP contribution in [0.25, 0.3) is 0 Å². The molecule has 0 saturated carbocycles. The molecule has 0 heterocycles. The molecule has 2 N–H and O–H groups in total. The number of hydrogen-bond donors (Lipinski definition) is 2. The maximum absolute atomic E-state index is 9.84. The summed E-state index contributed by atoms with van der Waals surface area (Å²) in [6.45, 7) is 9.65. The van der Waals surface area contributed by atoms with E-state index in [0.29, 0.717) is 5.02 Å². The van der Waals surface area contributed by atoms with Crippen LogP contribution in [0.15, 0.2) is 0 Å². The van der Waals surface area contributed by atoms with E-state index in [2.05, 4.69) is 0 Å². The first kappa shape index (κ1) is 13.3. The van der Waals surface area contributed by atoms with Crippen molar-refractivity contribution in [3.63, 3.8) is 0 Å². The highest BCUT2D eigenvalue weighted by atomic mass is 35.5. The van der Waals surface area contributed by atoms with Crippen LogP contribution in [0.3, 0.4) is 0 Å². The third kappa shape index (κ3) is 1.92. The first-order chi connectivity index (χ1) is 7.24. The molecule has 90 valence electrons. The van der Waals surface area contributed by atoms with Crippen LogP contribution in [0.2, 0.25) is 5.02 Å². The van der Waals surface area contributed by atoms with Crippen LogP contribution in [0, 0.1) is 20.8 Å². The summed E-state index contributed by atoms with van der Waals surface area (Å²) in [4.78, 5) is 0. The summed E-state index contributed by atoms with van der Waals surface area (Å²) in [5, 5.41) is 19.7. The molecule has 0 aliphatic carbocycles. The minimum atomic E-state index is -0.351. The third-order valence-electron chi connectivity index (χ3n) is 3.28. The minimum Gasteiger partial charge on any atom is -0.506 e. The number of rotatable bonds is 2. The Balaban J connectivity index is 3.65. The van der Waals surface area contributed by atoms with Crippen molar-refractivity contribution >= 4 is 11.6 Å². The number of aliphatic hydroxyl groups is 1. The fraction of sp³-hybridized carbons (Fsp3) is 0.538. The Labute approximate surface area is 102 Å². The smallest absolute Gasteiger partial charge is 0.137 e. The average molecular weight is 243 g/mol. The number of hydrogen-bond acceptors (Lipinski definition) is 2. The summed E-state index contributed by atoms with van der Waals surface area (Å²) in [5.41, 5.74) is 3.30. The largest absolute Gasteiger partial charge is 0.506 e. The molecular formula is C13H19ClO2. The van der Waals surface area contributed by atoms with E-state index in [-0.39, 0.29) is 17.8 Å². The monoisotopic (exact) mass is 242 g/mol. The van der Waals surface area contributed by atoms with Crippen LogP contribution in [0.5, 0.6) is 5.75 Å². The SMILES string of the molecule is Cc1c(C)c(C(C)(C)CO)c(C)c(Cl)c1O.